The van der Waals surface area contributed by atoms with Crippen LogP contribution < -0.4 is 5.32 Å². The van der Waals surface area contributed by atoms with Gasteiger partial charge in [0, 0.05) is 35.8 Å². The first-order valence-corrected chi connectivity index (χ1v) is 11.9. The molecule has 0 aliphatic carbocycles. The van der Waals surface area contributed by atoms with Crippen LogP contribution in [0.15, 0.2) is 53.6 Å². The zero-order valence-corrected chi connectivity index (χ0v) is 19.2. The lowest BCUT2D eigenvalue weighted by Gasteiger charge is -2.22. The number of amides is 1. The van der Waals surface area contributed by atoms with E-state index in [1.807, 2.05) is 0 Å². The molecule has 1 amide bonds. The van der Waals surface area contributed by atoms with Crippen LogP contribution in [-0.4, -0.2) is 54.7 Å². The molecule has 0 unspecified atom stereocenters. The zero-order valence-electron chi connectivity index (χ0n) is 18.4. The second-order valence-corrected chi connectivity index (χ2v) is 10.9. The molecule has 2 atom stereocenters. The quantitative estimate of drug-likeness (QED) is 0.589. The van der Waals surface area contributed by atoms with Crippen molar-refractivity contribution < 1.29 is 26.7 Å². The van der Waals surface area contributed by atoms with E-state index in [9.17, 15) is 22.0 Å². The number of fused-ring (bicyclic) bond motifs is 1. The molecule has 33 heavy (non-hydrogen) atoms. The fraction of sp³-hybridized carbons (Fsp3) is 0.348. The number of hydrogen-bond donors (Lipinski definition) is 2. The van der Waals surface area contributed by atoms with Crippen LogP contribution >= 0.6 is 0 Å². The Hall–Kier alpha value is -2.98. The average Bonchev–Trinajstić information content (AvgIpc) is 3.30. The van der Waals surface area contributed by atoms with E-state index in [0.29, 0.717) is 5.52 Å². The lowest BCUT2D eigenvalue weighted by atomic mass is 10.1. The number of ether oxygens (including phenoxy) is 1. The minimum atomic E-state index is -3.97. The number of hydrogen-bond acceptors (Lipinski definition) is 4. The summed E-state index contributed by atoms with van der Waals surface area (Å²) in [6, 6.07) is 9.62. The number of carbonyl (C=O) groups is 1. The molecular formula is C23H25F2N3O4S. The highest BCUT2D eigenvalue weighted by atomic mass is 32.2. The molecule has 1 aromatic heterocycles. The Kier molecular flexibility index (Phi) is 5.92. The van der Waals surface area contributed by atoms with Crippen LogP contribution in [0.3, 0.4) is 0 Å². The Morgan fingerprint density at radius 3 is 2.52 bits per heavy atom. The Bertz CT molecular complexity index is 1280. The number of nitrogens with zero attached hydrogens (tertiary/aromatic N) is 1. The normalized spacial score (nSPS) is 19.7. The van der Waals surface area contributed by atoms with Gasteiger partial charge in [-0.1, -0.05) is 12.1 Å². The summed E-state index contributed by atoms with van der Waals surface area (Å²) in [7, 11) is -3.97. The number of carbonyl (C=O) groups excluding carboxylic acids is 1. The second-order valence-electron chi connectivity index (χ2n) is 9.01. The minimum Gasteiger partial charge on any atom is -0.444 e. The number of alkyl carbamates (subject to hydrolysis) is 1. The van der Waals surface area contributed by atoms with Crippen LogP contribution in [0.4, 0.5) is 13.6 Å². The summed E-state index contributed by atoms with van der Waals surface area (Å²) in [5.41, 5.74) is 1.44. The number of halogens is 2. The van der Waals surface area contributed by atoms with Crippen molar-refractivity contribution in [1.29, 1.82) is 0 Å². The van der Waals surface area contributed by atoms with Crippen molar-refractivity contribution in [3.8, 4) is 11.1 Å². The van der Waals surface area contributed by atoms with Gasteiger partial charge in [0.1, 0.15) is 17.6 Å². The second kappa shape index (κ2) is 8.42. The molecule has 176 valence electrons. The van der Waals surface area contributed by atoms with Crippen LogP contribution in [0.2, 0.25) is 0 Å². The summed E-state index contributed by atoms with van der Waals surface area (Å²) in [6.07, 6.45) is -0.620. The summed E-state index contributed by atoms with van der Waals surface area (Å²) in [5.74, 6) is -0.353. The molecule has 1 aliphatic heterocycles. The predicted octanol–water partition coefficient (Wildman–Crippen LogP) is 4.21. The topological polar surface area (TPSA) is 91.5 Å². The van der Waals surface area contributed by atoms with Crippen molar-refractivity contribution in [1.82, 2.24) is 14.6 Å². The Labute approximate surface area is 190 Å². The van der Waals surface area contributed by atoms with Crippen molar-refractivity contribution in [2.24, 2.45) is 0 Å². The van der Waals surface area contributed by atoms with Crippen LogP contribution in [0, 0.1) is 5.82 Å². The first-order chi connectivity index (χ1) is 15.4. The maximum absolute atomic E-state index is 14.5. The van der Waals surface area contributed by atoms with Gasteiger partial charge in [0.05, 0.1) is 10.9 Å². The summed E-state index contributed by atoms with van der Waals surface area (Å²) in [5, 5.41) is 3.22. The molecule has 1 aliphatic rings. The van der Waals surface area contributed by atoms with E-state index >= 15 is 0 Å². The average molecular weight is 478 g/mol. The number of rotatable bonds is 4. The highest BCUT2D eigenvalue weighted by Gasteiger charge is 2.41. The molecule has 0 saturated carbocycles. The highest BCUT2D eigenvalue weighted by molar-refractivity contribution is 7.89. The summed E-state index contributed by atoms with van der Waals surface area (Å²) >= 11 is 0. The zero-order chi connectivity index (χ0) is 24.0. The third-order valence-electron chi connectivity index (χ3n) is 5.36. The van der Waals surface area contributed by atoms with Gasteiger partial charge < -0.3 is 15.0 Å². The number of aromatic amines is 1. The number of sulfonamides is 1. The third-order valence-corrected chi connectivity index (χ3v) is 7.21. The van der Waals surface area contributed by atoms with E-state index in [2.05, 4.69) is 10.3 Å². The molecule has 7 nitrogen and oxygen atoms in total. The maximum atomic E-state index is 14.5. The molecule has 2 N–H and O–H groups in total. The van der Waals surface area contributed by atoms with Crippen molar-refractivity contribution in [3.05, 3.63) is 54.5 Å². The molecule has 0 radical (unpaired) electrons. The first kappa shape index (κ1) is 23.2. The third kappa shape index (κ3) is 4.86. The smallest absolute Gasteiger partial charge is 0.408 e. The maximum Gasteiger partial charge on any atom is 0.408 e. The summed E-state index contributed by atoms with van der Waals surface area (Å²) < 4.78 is 60.2. The van der Waals surface area contributed by atoms with E-state index in [1.54, 1.807) is 45.2 Å². The largest absolute Gasteiger partial charge is 0.444 e. The molecule has 0 spiro atoms. The Morgan fingerprint density at radius 1 is 1.15 bits per heavy atom. The Morgan fingerprint density at radius 2 is 1.85 bits per heavy atom. The fourth-order valence-corrected chi connectivity index (χ4v) is 5.29. The van der Waals surface area contributed by atoms with Gasteiger partial charge in [-0.2, -0.15) is 4.31 Å². The van der Waals surface area contributed by atoms with Crippen LogP contribution in [0.1, 0.15) is 20.8 Å². The van der Waals surface area contributed by atoms with E-state index in [0.717, 1.165) is 20.8 Å². The molecule has 4 rings (SSSR count). The highest BCUT2D eigenvalue weighted by Crippen LogP contribution is 2.31. The fourth-order valence-electron chi connectivity index (χ4n) is 3.81. The molecule has 3 aromatic rings. The molecule has 0 bridgehead atoms. The lowest BCUT2D eigenvalue weighted by molar-refractivity contribution is 0.0489. The number of benzene rings is 2. The SMILES string of the molecule is CC(C)(C)OC(=O)N[C@@H]1CN(S(=O)(=O)c2ccc(-c3c[nH]c4cc(F)ccc34)cc2)C[C@H]1F. The minimum absolute atomic E-state index is 0.0160. The van der Waals surface area contributed by atoms with Crippen LogP contribution in [0.25, 0.3) is 22.0 Å². The van der Waals surface area contributed by atoms with Gasteiger partial charge in [0.15, 0.2) is 0 Å². The lowest BCUT2D eigenvalue weighted by Crippen LogP contribution is -2.44. The van der Waals surface area contributed by atoms with Gasteiger partial charge >= 0.3 is 6.09 Å². The van der Waals surface area contributed by atoms with Crippen LogP contribution in [0.5, 0.6) is 0 Å². The number of H-pyrrole nitrogens is 1. The monoisotopic (exact) mass is 477 g/mol. The molecular weight excluding hydrogens is 452 g/mol. The van der Waals surface area contributed by atoms with Crippen molar-refractivity contribution in [2.45, 2.75) is 43.5 Å². The van der Waals surface area contributed by atoms with Crippen molar-refractivity contribution >= 4 is 27.0 Å². The predicted molar refractivity (Wildman–Crippen MR) is 121 cm³/mol. The van der Waals surface area contributed by atoms with Crippen molar-refractivity contribution in [2.75, 3.05) is 13.1 Å². The molecule has 1 saturated heterocycles. The van der Waals surface area contributed by atoms with Crippen LogP contribution in [-0.2, 0) is 14.8 Å². The van der Waals surface area contributed by atoms with E-state index in [4.69, 9.17) is 4.74 Å². The van der Waals surface area contributed by atoms with Gasteiger partial charge in [-0.25, -0.2) is 22.0 Å². The molecule has 2 aromatic carbocycles. The van der Waals surface area contributed by atoms with E-state index < -0.39 is 33.9 Å². The standard InChI is InChI=1S/C23H25F2N3O4S/c1-23(2,3)32-22(29)27-21-13-28(12-19(21)25)33(30,31)16-7-4-14(5-8-16)18-11-26-20-10-15(24)6-9-17(18)20/h4-11,19,21,26H,12-13H2,1-3H3,(H,27,29)/t19-,21-/m1/s1. The van der Waals surface area contributed by atoms with Gasteiger partial charge in [-0.3, -0.25) is 0 Å². The van der Waals surface area contributed by atoms with Gasteiger partial charge in [0.25, 0.3) is 0 Å². The van der Waals surface area contributed by atoms with E-state index in [1.165, 1.54) is 24.3 Å². The van der Waals surface area contributed by atoms with E-state index in [-0.39, 0.29) is 23.8 Å². The number of aromatic nitrogens is 1. The first-order valence-electron chi connectivity index (χ1n) is 10.4. The summed E-state index contributed by atoms with van der Waals surface area (Å²) in [4.78, 5) is 15.0. The summed E-state index contributed by atoms with van der Waals surface area (Å²) in [6.45, 7) is 4.49. The number of nitrogens with one attached hydrogen (secondary N) is 2. The Balaban J connectivity index is 1.50. The molecule has 2 heterocycles. The van der Waals surface area contributed by atoms with Gasteiger partial charge in [0.2, 0.25) is 10.0 Å². The number of alkyl halides is 1. The molecule has 10 heteroatoms. The van der Waals surface area contributed by atoms with Gasteiger partial charge in [-0.05, 0) is 56.7 Å². The van der Waals surface area contributed by atoms with Gasteiger partial charge in [-0.15, -0.1) is 0 Å². The van der Waals surface area contributed by atoms with Crippen molar-refractivity contribution in [3.63, 3.8) is 0 Å². The molecule has 1 fully saturated rings.